The summed E-state index contributed by atoms with van der Waals surface area (Å²) in [5.41, 5.74) is 6.06. The van der Waals surface area contributed by atoms with Crippen molar-refractivity contribution in [1.82, 2.24) is 19.8 Å². The summed E-state index contributed by atoms with van der Waals surface area (Å²) >= 11 is 0. The van der Waals surface area contributed by atoms with Gasteiger partial charge in [0.2, 0.25) is 5.91 Å². The Morgan fingerprint density at radius 3 is 2.73 bits per heavy atom. The number of piperidine rings is 1. The molecule has 0 radical (unpaired) electrons. The molecule has 0 aliphatic carbocycles. The van der Waals surface area contributed by atoms with Crippen LogP contribution in [0.3, 0.4) is 0 Å². The highest BCUT2D eigenvalue weighted by Gasteiger charge is 2.28. The number of H-pyrrole nitrogens is 1. The number of ether oxygens (including phenoxy) is 1. The molecule has 2 aromatic heterocycles. The number of aromatic nitrogens is 2. The number of carbonyl (C=O) groups is 1. The van der Waals surface area contributed by atoms with Crippen LogP contribution in [0.5, 0.6) is 5.75 Å². The van der Waals surface area contributed by atoms with Gasteiger partial charge in [-0.3, -0.25) is 4.79 Å². The molecule has 1 saturated heterocycles. The van der Waals surface area contributed by atoms with E-state index in [9.17, 15) is 9.18 Å². The van der Waals surface area contributed by atoms with E-state index in [1.807, 2.05) is 17.0 Å². The van der Waals surface area contributed by atoms with Crippen LogP contribution in [-0.4, -0.2) is 59.0 Å². The van der Waals surface area contributed by atoms with Gasteiger partial charge in [0.1, 0.15) is 29.5 Å². The van der Waals surface area contributed by atoms with Gasteiger partial charge in [-0.15, -0.1) is 0 Å². The van der Waals surface area contributed by atoms with Crippen LogP contribution >= 0.6 is 0 Å². The van der Waals surface area contributed by atoms with E-state index in [-0.39, 0.29) is 18.4 Å². The predicted molar refractivity (Wildman–Crippen MR) is 165 cm³/mol. The fourth-order valence-electron chi connectivity index (χ4n) is 6.94. The van der Waals surface area contributed by atoms with Crippen molar-refractivity contribution < 1.29 is 18.3 Å². The zero-order valence-corrected chi connectivity index (χ0v) is 25.2. The van der Waals surface area contributed by atoms with E-state index in [1.165, 1.54) is 48.2 Å². The Balaban J connectivity index is 1.07. The molecule has 2 aliphatic heterocycles. The average molecular weight is 598 g/mol. The summed E-state index contributed by atoms with van der Waals surface area (Å²) in [6.45, 7) is 5.68. The number of nitrogens with one attached hydrogen (secondary N) is 1. The number of aromatic amines is 1. The Bertz CT molecular complexity index is 1720. The first-order valence-electron chi connectivity index (χ1n) is 15.4. The average Bonchev–Trinajstić information content (AvgIpc) is 3.46. The van der Waals surface area contributed by atoms with Crippen molar-refractivity contribution in [1.29, 1.82) is 5.26 Å². The quantitative estimate of drug-likeness (QED) is 0.245. The SMILES string of the molecule is COc1ccc(F)cc1-c1c(F)cnc2[nH]c(C3CCN(CCCc4ccc5c(c4)C(C)N(C(=O)CC#N)CC5)CC3)cc12. The van der Waals surface area contributed by atoms with Gasteiger partial charge in [0, 0.05) is 34.7 Å². The first kappa shape index (κ1) is 29.8. The minimum Gasteiger partial charge on any atom is -0.496 e. The molecule has 2 aromatic carbocycles. The zero-order chi connectivity index (χ0) is 30.8. The smallest absolute Gasteiger partial charge is 0.237 e. The Morgan fingerprint density at radius 2 is 1.95 bits per heavy atom. The molecule has 1 atom stereocenters. The van der Waals surface area contributed by atoms with Gasteiger partial charge in [-0.1, -0.05) is 18.2 Å². The molecule has 0 spiro atoms. The number of nitriles is 1. The lowest BCUT2D eigenvalue weighted by Crippen LogP contribution is -2.38. The third-order valence-corrected chi connectivity index (χ3v) is 9.33. The van der Waals surface area contributed by atoms with Crippen LogP contribution in [-0.2, 0) is 17.6 Å². The van der Waals surface area contributed by atoms with Gasteiger partial charge in [-0.2, -0.15) is 5.26 Å². The van der Waals surface area contributed by atoms with Gasteiger partial charge in [-0.25, -0.2) is 13.8 Å². The second kappa shape index (κ2) is 12.7. The number of rotatable bonds is 8. The molecule has 9 heteroatoms. The second-order valence-electron chi connectivity index (χ2n) is 11.9. The molecule has 1 unspecified atom stereocenters. The third kappa shape index (κ3) is 5.91. The van der Waals surface area contributed by atoms with E-state index in [4.69, 9.17) is 10.00 Å². The van der Waals surface area contributed by atoms with Crippen LogP contribution < -0.4 is 4.74 Å². The number of fused-ring (bicyclic) bond motifs is 2. The van der Waals surface area contributed by atoms with Crippen LogP contribution in [0.25, 0.3) is 22.2 Å². The van der Waals surface area contributed by atoms with Crippen LogP contribution in [0.2, 0.25) is 0 Å². The van der Waals surface area contributed by atoms with E-state index in [0.29, 0.717) is 40.4 Å². The van der Waals surface area contributed by atoms with Gasteiger partial charge in [0.25, 0.3) is 0 Å². The summed E-state index contributed by atoms with van der Waals surface area (Å²) in [5.74, 6) is -0.349. The van der Waals surface area contributed by atoms with Crippen LogP contribution in [0.1, 0.15) is 67.0 Å². The van der Waals surface area contributed by atoms with Crippen molar-refractivity contribution in [2.75, 3.05) is 33.3 Å². The van der Waals surface area contributed by atoms with Crippen molar-refractivity contribution in [3.05, 3.63) is 82.7 Å². The highest BCUT2D eigenvalue weighted by Crippen LogP contribution is 2.39. The lowest BCUT2D eigenvalue weighted by Gasteiger charge is -2.35. The summed E-state index contributed by atoms with van der Waals surface area (Å²) in [6.07, 6.45) is 5.91. The number of likely N-dealkylation sites (tertiary alicyclic amines) is 1. The first-order valence-corrected chi connectivity index (χ1v) is 15.4. The standard InChI is InChI=1S/C35H37F2N5O2/c1-22-27-18-23(5-6-24(27)12-17-42(22)33(43)9-13-38)4-3-14-41-15-10-25(11-16-41)31-20-29-34(30(37)21-39-35(29)40-31)28-19-26(36)7-8-32(28)44-2/h5-8,18-22,25H,3-4,9-12,14-17H2,1-2H3,(H,39,40). The number of aryl methyl sites for hydroxylation is 1. The molecule has 228 valence electrons. The third-order valence-electron chi connectivity index (χ3n) is 9.33. The first-order chi connectivity index (χ1) is 21.4. The van der Waals surface area contributed by atoms with Gasteiger partial charge in [-0.05, 0) is 99.6 Å². The number of methoxy groups -OCH3 is 1. The van der Waals surface area contributed by atoms with E-state index in [0.717, 1.165) is 57.4 Å². The number of pyridine rings is 1. The zero-order valence-electron chi connectivity index (χ0n) is 25.2. The van der Waals surface area contributed by atoms with Crippen LogP contribution in [0, 0.1) is 23.0 Å². The number of carbonyl (C=O) groups excluding carboxylic acids is 1. The molecule has 1 amide bonds. The van der Waals surface area contributed by atoms with Gasteiger partial charge >= 0.3 is 0 Å². The number of amides is 1. The molecule has 2 aliphatic rings. The number of hydrogen-bond donors (Lipinski definition) is 1. The van der Waals surface area contributed by atoms with Gasteiger partial charge in [0.05, 0.1) is 25.4 Å². The van der Waals surface area contributed by atoms with Crippen molar-refractivity contribution in [2.45, 2.75) is 57.4 Å². The second-order valence-corrected chi connectivity index (χ2v) is 11.9. The van der Waals surface area contributed by atoms with Crippen LogP contribution in [0.4, 0.5) is 8.78 Å². The molecule has 6 rings (SSSR count). The van der Waals surface area contributed by atoms with E-state index < -0.39 is 11.6 Å². The molecule has 4 heterocycles. The minimum absolute atomic E-state index is 0.0121. The minimum atomic E-state index is -0.514. The lowest BCUT2D eigenvalue weighted by molar-refractivity contribution is -0.132. The number of nitrogens with zero attached hydrogens (tertiary/aromatic N) is 4. The summed E-state index contributed by atoms with van der Waals surface area (Å²) in [7, 11) is 1.49. The summed E-state index contributed by atoms with van der Waals surface area (Å²) in [4.78, 5) is 24.4. The maximum Gasteiger partial charge on any atom is 0.237 e. The topological polar surface area (TPSA) is 85.2 Å². The maximum atomic E-state index is 15.1. The molecule has 4 aromatic rings. The molecule has 44 heavy (non-hydrogen) atoms. The molecule has 7 nitrogen and oxygen atoms in total. The fourth-order valence-corrected chi connectivity index (χ4v) is 6.94. The van der Waals surface area contributed by atoms with Gasteiger partial charge < -0.3 is 19.5 Å². The Labute approximate surface area is 256 Å². The monoisotopic (exact) mass is 597 g/mol. The number of hydrogen-bond acceptors (Lipinski definition) is 5. The van der Waals surface area contributed by atoms with Crippen molar-refractivity contribution >= 4 is 16.9 Å². The lowest BCUT2D eigenvalue weighted by atomic mass is 9.90. The summed E-state index contributed by atoms with van der Waals surface area (Å²) in [5, 5.41) is 9.58. The van der Waals surface area contributed by atoms with Crippen molar-refractivity contribution in [3.63, 3.8) is 0 Å². The molecule has 0 bridgehead atoms. The number of halogens is 2. The summed E-state index contributed by atoms with van der Waals surface area (Å²) in [6, 6.07) is 14.7. The molecular formula is C35H37F2N5O2. The van der Waals surface area contributed by atoms with E-state index in [1.54, 1.807) is 0 Å². The Kier molecular flexibility index (Phi) is 8.62. The largest absolute Gasteiger partial charge is 0.496 e. The summed E-state index contributed by atoms with van der Waals surface area (Å²) < 4.78 is 34.6. The Hall–Kier alpha value is -4.29. The van der Waals surface area contributed by atoms with Crippen LogP contribution in [0.15, 0.2) is 48.7 Å². The highest BCUT2D eigenvalue weighted by atomic mass is 19.1. The van der Waals surface area contributed by atoms with E-state index >= 15 is 4.39 Å². The molecule has 1 N–H and O–H groups in total. The molecular weight excluding hydrogens is 560 g/mol. The fraction of sp³-hybridized carbons (Fsp3) is 0.400. The molecule has 0 saturated carbocycles. The maximum absolute atomic E-state index is 15.1. The van der Waals surface area contributed by atoms with Crippen molar-refractivity contribution in [3.8, 4) is 22.9 Å². The number of benzene rings is 2. The highest BCUT2D eigenvalue weighted by molar-refractivity contribution is 5.95. The van der Waals surface area contributed by atoms with Crippen molar-refractivity contribution in [2.24, 2.45) is 0 Å². The van der Waals surface area contributed by atoms with E-state index in [2.05, 4.69) is 40.0 Å². The Morgan fingerprint density at radius 1 is 1.14 bits per heavy atom. The van der Waals surface area contributed by atoms with Gasteiger partial charge in [0.15, 0.2) is 0 Å². The predicted octanol–water partition coefficient (Wildman–Crippen LogP) is 6.69. The normalized spacial score (nSPS) is 17.4. The molecule has 1 fully saturated rings.